The lowest BCUT2D eigenvalue weighted by atomic mass is 10.2. The summed E-state index contributed by atoms with van der Waals surface area (Å²) in [6.45, 7) is 4.27. The van der Waals surface area contributed by atoms with E-state index in [0.717, 1.165) is 23.4 Å². The molecule has 0 radical (unpaired) electrons. The Hall–Kier alpha value is -2.43. The average molecular weight is 270 g/mol. The van der Waals surface area contributed by atoms with Crippen LogP contribution < -0.4 is 5.32 Å². The van der Waals surface area contributed by atoms with Gasteiger partial charge in [0.1, 0.15) is 12.1 Å². The number of nitrogens with one attached hydrogen (secondary N) is 1. The maximum Gasteiger partial charge on any atom is 0.246 e. The number of pyridine rings is 1. The maximum absolute atomic E-state index is 11.9. The quantitative estimate of drug-likeness (QED) is 0.848. The zero-order valence-corrected chi connectivity index (χ0v) is 11.7. The van der Waals surface area contributed by atoms with Crippen molar-refractivity contribution in [2.24, 2.45) is 0 Å². The summed E-state index contributed by atoms with van der Waals surface area (Å²) in [7, 11) is 0. The van der Waals surface area contributed by atoms with Crippen LogP contribution in [0.25, 0.3) is 5.82 Å². The number of aromatic nitrogens is 3. The molecule has 0 unspecified atom stereocenters. The Kier molecular flexibility index (Phi) is 4.65. The Morgan fingerprint density at radius 3 is 3.00 bits per heavy atom. The molecule has 0 spiro atoms. The molecule has 0 atom stereocenters. The molecule has 0 saturated carbocycles. The van der Waals surface area contributed by atoms with Crippen LogP contribution in [0.4, 0.5) is 0 Å². The van der Waals surface area contributed by atoms with Crippen molar-refractivity contribution in [1.82, 2.24) is 19.9 Å². The molecule has 5 heteroatoms. The third-order valence-electron chi connectivity index (χ3n) is 2.92. The fraction of sp³-hybridized carbons (Fsp3) is 0.267. The van der Waals surface area contributed by atoms with E-state index in [2.05, 4.69) is 15.3 Å². The van der Waals surface area contributed by atoms with Crippen LogP contribution in [-0.4, -0.2) is 20.4 Å². The minimum atomic E-state index is -0.0488. The molecule has 0 fully saturated rings. The second-order valence-electron chi connectivity index (χ2n) is 4.43. The Bertz CT molecular complexity index is 602. The number of imidazole rings is 1. The molecule has 2 aromatic heterocycles. The Morgan fingerprint density at radius 1 is 1.45 bits per heavy atom. The second-order valence-corrected chi connectivity index (χ2v) is 4.43. The van der Waals surface area contributed by atoms with Crippen molar-refractivity contribution in [2.75, 3.05) is 0 Å². The molecule has 0 bridgehead atoms. The average Bonchev–Trinajstić information content (AvgIpc) is 2.99. The standard InChI is InChI=1S/C15H18N4O/c1-3-5-12(2)15(20)18-10-13-6-4-7-17-14(13)19-9-8-16-11-19/h4-9,11H,3,10H2,1-2H3,(H,18,20)/b12-5-. The summed E-state index contributed by atoms with van der Waals surface area (Å²) in [6.07, 6.45) is 9.71. The number of rotatable bonds is 5. The smallest absolute Gasteiger partial charge is 0.246 e. The topological polar surface area (TPSA) is 59.8 Å². The lowest BCUT2D eigenvalue weighted by Crippen LogP contribution is -2.24. The van der Waals surface area contributed by atoms with Crippen molar-refractivity contribution < 1.29 is 4.79 Å². The van der Waals surface area contributed by atoms with E-state index in [4.69, 9.17) is 0 Å². The molecule has 104 valence electrons. The highest BCUT2D eigenvalue weighted by atomic mass is 16.1. The highest BCUT2D eigenvalue weighted by Crippen LogP contribution is 2.10. The fourth-order valence-corrected chi connectivity index (χ4v) is 1.90. The van der Waals surface area contributed by atoms with Gasteiger partial charge >= 0.3 is 0 Å². The molecule has 0 aliphatic heterocycles. The fourth-order valence-electron chi connectivity index (χ4n) is 1.90. The first-order chi connectivity index (χ1) is 9.72. The number of carbonyl (C=O) groups excluding carboxylic acids is 1. The number of hydrogen-bond acceptors (Lipinski definition) is 3. The van der Waals surface area contributed by atoms with Crippen LogP contribution in [0.2, 0.25) is 0 Å². The van der Waals surface area contributed by atoms with Gasteiger partial charge < -0.3 is 5.32 Å². The number of hydrogen-bond donors (Lipinski definition) is 1. The molecule has 5 nitrogen and oxygen atoms in total. The molecule has 0 aromatic carbocycles. The monoisotopic (exact) mass is 270 g/mol. The van der Waals surface area contributed by atoms with Crippen LogP contribution in [0.3, 0.4) is 0 Å². The largest absolute Gasteiger partial charge is 0.348 e. The van der Waals surface area contributed by atoms with E-state index in [9.17, 15) is 4.79 Å². The summed E-state index contributed by atoms with van der Waals surface area (Å²) in [5.74, 6) is 0.731. The number of allylic oxidation sites excluding steroid dienone is 1. The highest BCUT2D eigenvalue weighted by molar-refractivity contribution is 5.92. The summed E-state index contributed by atoms with van der Waals surface area (Å²) in [5.41, 5.74) is 1.68. The van der Waals surface area contributed by atoms with Crippen LogP contribution in [0.5, 0.6) is 0 Å². The molecule has 0 aliphatic rings. The summed E-state index contributed by atoms with van der Waals surface area (Å²) < 4.78 is 1.83. The van der Waals surface area contributed by atoms with Crippen molar-refractivity contribution in [3.05, 3.63) is 54.3 Å². The van der Waals surface area contributed by atoms with Gasteiger partial charge in [0.25, 0.3) is 0 Å². The number of carbonyl (C=O) groups is 1. The van der Waals surface area contributed by atoms with Crippen LogP contribution >= 0.6 is 0 Å². The minimum Gasteiger partial charge on any atom is -0.348 e. The van der Waals surface area contributed by atoms with Crippen molar-refractivity contribution in [3.63, 3.8) is 0 Å². The Morgan fingerprint density at radius 2 is 2.30 bits per heavy atom. The van der Waals surface area contributed by atoms with E-state index in [-0.39, 0.29) is 5.91 Å². The summed E-state index contributed by atoms with van der Waals surface area (Å²) >= 11 is 0. The van der Waals surface area contributed by atoms with Gasteiger partial charge in [-0.3, -0.25) is 9.36 Å². The van der Waals surface area contributed by atoms with Gasteiger partial charge in [-0.1, -0.05) is 19.1 Å². The van der Waals surface area contributed by atoms with E-state index < -0.39 is 0 Å². The molecular formula is C15H18N4O. The molecule has 0 saturated heterocycles. The lowest BCUT2D eigenvalue weighted by molar-refractivity contribution is -0.117. The normalized spacial score (nSPS) is 11.4. The van der Waals surface area contributed by atoms with E-state index >= 15 is 0 Å². The summed E-state index contributed by atoms with van der Waals surface area (Å²) in [6, 6.07) is 3.80. The van der Waals surface area contributed by atoms with Gasteiger partial charge in [-0.2, -0.15) is 0 Å². The van der Waals surface area contributed by atoms with Gasteiger partial charge in [0.2, 0.25) is 5.91 Å². The summed E-state index contributed by atoms with van der Waals surface area (Å²) in [5, 5.41) is 2.90. The van der Waals surface area contributed by atoms with E-state index in [1.165, 1.54) is 0 Å². The predicted octanol–water partition coefficient (Wildman–Crippen LogP) is 2.24. The molecule has 1 N–H and O–H groups in total. The molecule has 2 rings (SSSR count). The molecule has 1 amide bonds. The van der Waals surface area contributed by atoms with Crippen molar-refractivity contribution in [2.45, 2.75) is 26.8 Å². The molecular weight excluding hydrogens is 252 g/mol. The van der Waals surface area contributed by atoms with Crippen molar-refractivity contribution >= 4 is 5.91 Å². The van der Waals surface area contributed by atoms with Crippen molar-refractivity contribution in [1.29, 1.82) is 0 Å². The molecule has 2 aromatic rings. The van der Waals surface area contributed by atoms with Gasteiger partial charge in [0.05, 0.1) is 0 Å². The highest BCUT2D eigenvalue weighted by Gasteiger charge is 2.08. The van der Waals surface area contributed by atoms with Crippen LogP contribution in [0.15, 0.2) is 48.7 Å². The van der Waals surface area contributed by atoms with Gasteiger partial charge in [-0.15, -0.1) is 0 Å². The second kappa shape index (κ2) is 6.65. The first-order valence-electron chi connectivity index (χ1n) is 6.59. The van der Waals surface area contributed by atoms with Gasteiger partial charge in [-0.05, 0) is 19.4 Å². The van der Waals surface area contributed by atoms with Crippen LogP contribution in [0.1, 0.15) is 25.8 Å². The predicted molar refractivity (Wildman–Crippen MR) is 77.3 cm³/mol. The zero-order chi connectivity index (χ0) is 14.4. The van der Waals surface area contributed by atoms with E-state index in [1.54, 1.807) is 18.7 Å². The van der Waals surface area contributed by atoms with Gasteiger partial charge in [0.15, 0.2) is 0 Å². The van der Waals surface area contributed by atoms with Gasteiger partial charge in [0, 0.05) is 36.3 Å². The molecule has 2 heterocycles. The Labute approximate surface area is 118 Å². The van der Waals surface area contributed by atoms with E-state index in [0.29, 0.717) is 6.54 Å². The first-order valence-corrected chi connectivity index (χ1v) is 6.59. The number of nitrogens with zero attached hydrogens (tertiary/aromatic N) is 3. The SMILES string of the molecule is CC/C=C(/C)C(=O)NCc1cccnc1-n1ccnc1. The Balaban J connectivity index is 2.11. The maximum atomic E-state index is 11.9. The third kappa shape index (κ3) is 3.32. The third-order valence-corrected chi connectivity index (χ3v) is 2.92. The van der Waals surface area contributed by atoms with Crippen LogP contribution in [0, 0.1) is 0 Å². The lowest BCUT2D eigenvalue weighted by Gasteiger charge is -2.10. The van der Waals surface area contributed by atoms with Crippen molar-refractivity contribution in [3.8, 4) is 5.82 Å². The minimum absolute atomic E-state index is 0.0488. The van der Waals surface area contributed by atoms with Crippen LogP contribution in [-0.2, 0) is 11.3 Å². The number of amides is 1. The summed E-state index contributed by atoms with van der Waals surface area (Å²) in [4.78, 5) is 20.2. The van der Waals surface area contributed by atoms with E-state index in [1.807, 2.05) is 42.8 Å². The van der Waals surface area contributed by atoms with Gasteiger partial charge in [-0.25, -0.2) is 9.97 Å². The zero-order valence-electron chi connectivity index (χ0n) is 11.7. The molecule has 0 aliphatic carbocycles. The molecule has 20 heavy (non-hydrogen) atoms. The first kappa shape index (κ1) is 14.0.